The number of rotatable bonds is 6. The molecular formula is C29H27N5O4. The number of aromatic hydroxyl groups is 1. The molecule has 2 aromatic heterocycles. The molecule has 0 bridgehead atoms. The zero-order valence-electron chi connectivity index (χ0n) is 20.9. The predicted molar refractivity (Wildman–Crippen MR) is 146 cm³/mol. The first kappa shape index (κ1) is 23.7. The van der Waals surface area contributed by atoms with Crippen LogP contribution < -0.4 is 9.64 Å². The number of ether oxygens (including phenoxy) is 1. The molecule has 9 nitrogen and oxygen atoms in total. The number of H-pyrrole nitrogens is 1. The second-order valence-corrected chi connectivity index (χ2v) is 9.24. The maximum Gasteiger partial charge on any atom is 0.331 e. The molecule has 3 aromatic carbocycles. The highest BCUT2D eigenvalue weighted by atomic mass is 16.5. The Morgan fingerprint density at radius 3 is 2.55 bits per heavy atom. The van der Waals surface area contributed by atoms with Crippen LogP contribution in [0, 0.1) is 0 Å². The lowest BCUT2D eigenvalue weighted by molar-refractivity contribution is 0.0967. The molecule has 1 aliphatic rings. The number of nitrogens with one attached hydrogen (secondary N) is 1. The number of piperazine rings is 1. The van der Waals surface area contributed by atoms with E-state index >= 15 is 0 Å². The van der Waals surface area contributed by atoms with E-state index in [2.05, 4.69) is 49.3 Å². The van der Waals surface area contributed by atoms with Gasteiger partial charge in [-0.15, -0.1) is 10.2 Å². The quantitative estimate of drug-likeness (QED) is 0.277. The molecule has 1 saturated heterocycles. The maximum absolute atomic E-state index is 13.3. The number of hydrogen-bond acceptors (Lipinski definition) is 7. The minimum absolute atomic E-state index is 0.164. The summed E-state index contributed by atoms with van der Waals surface area (Å²) in [5.41, 5.74) is 3.47. The fourth-order valence-corrected chi connectivity index (χ4v) is 4.97. The lowest BCUT2D eigenvalue weighted by atomic mass is 10.1. The first-order valence-corrected chi connectivity index (χ1v) is 12.5. The number of anilines is 1. The van der Waals surface area contributed by atoms with Crippen molar-refractivity contribution in [2.75, 3.05) is 38.2 Å². The van der Waals surface area contributed by atoms with Gasteiger partial charge in [0.25, 0.3) is 0 Å². The molecule has 1 amide bonds. The first-order chi connectivity index (χ1) is 18.6. The SMILES string of the molecule is COc1ccc2[nH]c(O)c(N=NC(=O)c3oc4ccccc4c3CN3CCN(c4ccccc4)CC3)c2c1. The largest absolute Gasteiger partial charge is 0.497 e. The Labute approximate surface area is 218 Å². The van der Waals surface area contributed by atoms with Gasteiger partial charge < -0.3 is 24.1 Å². The Kier molecular flexibility index (Phi) is 6.27. The smallest absolute Gasteiger partial charge is 0.331 e. The number of aromatic amines is 1. The van der Waals surface area contributed by atoms with Crippen molar-refractivity contribution in [2.45, 2.75) is 6.54 Å². The summed E-state index contributed by atoms with van der Waals surface area (Å²) in [6.45, 7) is 4.06. The van der Waals surface area contributed by atoms with Crippen LogP contribution in [0.1, 0.15) is 16.1 Å². The normalized spacial score (nSPS) is 14.6. The van der Waals surface area contributed by atoms with Crippen molar-refractivity contribution in [1.82, 2.24) is 9.88 Å². The van der Waals surface area contributed by atoms with Crippen molar-refractivity contribution < 1.29 is 19.1 Å². The third kappa shape index (κ3) is 4.48. The van der Waals surface area contributed by atoms with Gasteiger partial charge in [-0.05, 0) is 36.4 Å². The van der Waals surface area contributed by atoms with E-state index in [0.717, 1.165) is 37.1 Å². The molecule has 3 heterocycles. The summed E-state index contributed by atoms with van der Waals surface area (Å²) in [6.07, 6.45) is 0. The van der Waals surface area contributed by atoms with Gasteiger partial charge >= 0.3 is 5.91 Å². The fourth-order valence-electron chi connectivity index (χ4n) is 4.97. The van der Waals surface area contributed by atoms with Crippen LogP contribution >= 0.6 is 0 Å². The van der Waals surface area contributed by atoms with E-state index in [4.69, 9.17) is 9.15 Å². The molecular weight excluding hydrogens is 482 g/mol. The van der Waals surface area contributed by atoms with Crippen LogP contribution in [0.25, 0.3) is 21.9 Å². The van der Waals surface area contributed by atoms with Gasteiger partial charge in [-0.3, -0.25) is 9.69 Å². The van der Waals surface area contributed by atoms with Gasteiger partial charge in [0, 0.05) is 54.7 Å². The minimum Gasteiger partial charge on any atom is -0.497 e. The number of methoxy groups -OCH3 is 1. The molecule has 0 saturated carbocycles. The van der Waals surface area contributed by atoms with E-state index in [1.807, 2.05) is 30.3 Å². The summed E-state index contributed by atoms with van der Waals surface area (Å²) in [4.78, 5) is 20.8. The predicted octanol–water partition coefficient (Wildman–Crippen LogP) is 5.87. The molecule has 2 N–H and O–H groups in total. The van der Waals surface area contributed by atoms with Gasteiger partial charge in [0.1, 0.15) is 11.3 Å². The molecule has 192 valence electrons. The zero-order valence-corrected chi connectivity index (χ0v) is 20.9. The topological polar surface area (TPSA) is 107 Å². The molecule has 5 aromatic rings. The highest BCUT2D eigenvalue weighted by molar-refractivity contribution is 6.00. The van der Waals surface area contributed by atoms with Crippen LogP contribution in [0.15, 0.2) is 87.4 Å². The van der Waals surface area contributed by atoms with Crippen molar-refractivity contribution in [2.24, 2.45) is 10.2 Å². The molecule has 1 fully saturated rings. The molecule has 0 unspecified atom stereocenters. The van der Waals surface area contributed by atoms with Gasteiger partial charge in [-0.25, -0.2) is 0 Å². The summed E-state index contributed by atoms with van der Waals surface area (Å²) in [5.74, 6) is -0.00903. The summed E-state index contributed by atoms with van der Waals surface area (Å²) >= 11 is 0. The van der Waals surface area contributed by atoms with E-state index in [1.165, 1.54) is 5.69 Å². The maximum atomic E-state index is 13.3. The zero-order chi connectivity index (χ0) is 26.1. The molecule has 0 aliphatic carbocycles. The first-order valence-electron chi connectivity index (χ1n) is 12.5. The van der Waals surface area contributed by atoms with Crippen molar-refractivity contribution in [1.29, 1.82) is 0 Å². The molecule has 0 spiro atoms. The van der Waals surface area contributed by atoms with Gasteiger partial charge in [-0.1, -0.05) is 36.4 Å². The number of aromatic nitrogens is 1. The van der Waals surface area contributed by atoms with Crippen molar-refractivity contribution >= 4 is 39.2 Å². The summed E-state index contributed by atoms with van der Waals surface area (Å²) < 4.78 is 11.3. The second kappa shape index (κ2) is 10.0. The minimum atomic E-state index is -0.601. The average molecular weight is 510 g/mol. The van der Waals surface area contributed by atoms with Crippen LogP contribution in [-0.4, -0.2) is 54.2 Å². The van der Waals surface area contributed by atoms with Crippen LogP contribution in [0.5, 0.6) is 11.6 Å². The fraction of sp³-hybridized carbons (Fsp3) is 0.207. The van der Waals surface area contributed by atoms with Gasteiger partial charge in [0.15, 0.2) is 5.69 Å². The number of fused-ring (bicyclic) bond motifs is 2. The Bertz CT molecular complexity index is 1630. The third-order valence-electron chi connectivity index (χ3n) is 6.97. The number of carbonyl (C=O) groups is 1. The van der Waals surface area contributed by atoms with Crippen molar-refractivity contribution in [3.8, 4) is 11.6 Å². The third-order valence-corrected chi connectivity index (χ3v) is 6.97. The highest BCUT2D eigenvalue weighted by Crippen LogP contribution is 2.37. The average Bonchev–Trinajstić information content (AvgIpc) is 3.48. The Morgan fingerprint density at radius 2 is 1.76 bits per heavy atom. The highest BCUT2D eigenvalue weighted by Gasteiger charge is 2.25. The van der Waals surface area contributed by atoms with E-state index in [1.54, 1.807) is 25.3 Å². The number of furan rings is 1. The van der Waals surface area contributed by atoms with Crippen LogP contribution in [0.3, 0.4) is 0 Å². The number of amides is 1. The summed E-state index contributed by atoms with van der Waals surface area (Å²) in [5, 5.41) is 19.9. The molecule has 1 aliphatic heterocycles. The monoisotopic (exact) mass is 509 g/mol. The van der Waals surface area contributed by atoms with E-state index in [0.29, 0.717) is 28.8 Å². The lowest BCUT2D eigenvalue weighted by Gasteiger charge is -2.36. The summed E-state index contributed by atoms with van der Waals surface area (Å²) in [6, 6.07) is 23.3. The molecule has 0 radical (unpaired) electrons. The van der Waals surface area contributed by atoms with Gasteiger partial charge in [0.05, 0.1) is 12.6 Å². The molecule has 6 rings (SSSR count). The number of benzene rings is 3. The lowest BCUT2D eigenvalue weighted by Crippen LogP contribution is -2.46. The Morgan fingerprint density at radius 1 is 1.00 bits per heavy atom. The standard InChI is InChI=1S/C29H27N5O4/c1-37-20-11-12-24-22(17-20)26(28(35)30-24)31-32-29(36)27-23(21-9-5-6-10-25(21)38-27)18-33-13-15-34(16-14-33)19-7-3-2-4-8-19/h2-12,17,30,35H,13-16,18H2,1H3. The van der Waals surface area contributed by atoms with Crippen molar-refractivity contribution in [3.05, 3.63) is 84.1 Å². The Hall–Kier alpha value is -4.63. The number of hydrogen-bond donors (Lipinski definition) is 2. The number of nitrogens with zero attached hydrogens (tertiary/aromatic N) is 4. The molecule has 0 atom stereocenters. The summed E-state index contributed by atoms with van der Waals surface area (Å²) in [7, 11) is 1.56. The molecule has 38 heavy (non-hydrogen) atoms. The van der Waals surface area contributed by atoms with Gasteiger partial charge in [0.2, 0.25) is 11.6 Å². The van der Waals surface area contributed by atoms with Crippen LogP contribution in [-0.2, 0) is 6.54 Å². The second-order valence-electron chi connectivity index (χ2n) is 9.24. The van der Waals surface area contributed by atoms with E-state index < -0.39 is 5.91 Å². The Balaban J connectivity index is 1.26. The van der Waals surface area contributed by atoms with E-state index in [9.17, 15) is 9.90 Å². The van der Waals surface area contributed by atoms with Gasteiger partial charge in [-0.2, -0.15) is 0 Å². The number of carbonyl (C=O) groups excluding carboxylic acids is 1. The molecule has 9 heteroatoms. The van der Waals surface area contributed by atoms with E-state index in [-0.39, 0.29) is 17.3 Å². The van der Waals surface area contributed by atoms with Crippen molar-refractivity contribution in [3.63, 3.8) is 0 Å². The van der Waals surface area contributed by atoms with Crippen LogP contribution in [0.2, 0.25) is 0 Å². The number of para-hydroxylation sites is 2. The van der Waals surface area contributed by atoms with Crippen LogP contribution in [0.4, 0.5) is 11.4 Å². The number of azo groups is 1.